The zero-order valence-electron chi connectivity index (χ0n) is 15.5. The minimum atomic E-state index is -0.451. The molecule has 0 aliphatic rings. The van der Waals surface area contributed by atoms with Crippen molar-refractivity contribution < 1.29 is 13.9 Å². The Labute approximate surface area is 145 Å². The van der Waals surface area contributed by atoms with Gasteiger partial charge >= 0.3 is 5.97 Å². The van der Waals surface area contributed by atoms with Gasteiger partial charge < -0.3 is 19.8 Å². The second kappa shape index (κ2) is 10.0. The molecule has 1 rings (SSSR count). The van der Waals surface area contributed by atoms with E-state index < -0.39 is 5.60 Å². The monoisotopic (exact) mass is 337 g/mol. The van der Waals surface area contributed by atoms with Crippen LogP contribution in [0.15, 0.2) is 27.8 Å². The Morgan fingerprint density at radius 3 is 2.58 bits per heavy atom. The molecule has 0 aliphatic heterocycles. The predicted octanol–water partition coefficient (Wildman–Crippen LogP) is 2.75. The maximum atomic E-state index is 11.7. The zero-order valence-corrected chi connectivity index (χ0v) is 15.5. The molecule has 1 heterocycles. The molecule has 6 heteroatoms. The van der Waals surface area contributed by atoms with Crippen LogP contribution in [0.2, 0.25) is 0 Å². The standard InChI is InChI=1S/C18H31N3O3/c1-14(2)13-21-17(19-10-8-15-7-6-12-23-15)20-11-9-16(22)24-18(3,4)5/h6-7,12,14H,8-11,13H2,1-5H3,(H2,19,20,21). The third-order valence-electron chi connectivity index (χ3n) is 2.90. The van der Waals surface area contributed by atoms with Gasteiger partial charge in [0, 0.05) is 26.1 Å². The van der Waals surface area contributed by atoms with Crippen LogP contribution in [-0.2, 0) is 16.0 Å². The Balaban J connectivity index is 2.38. The summed E-state index contributed by atoms with van der Waals surface area (Å²) >= 11 is 0. The molecule has 2 N–H and O–H groups in total. The van der Waals surface area contributed by atoms with Crippen molar-refractivity contribution in [2.45, 2.75) is 53.1 Å². The average Bonchev–Trinajstić information content (AvgIpc) is 2.95. The van der Waals surface area contributed by atoms with E-state index in [0.29, 0.717) is 31.4 Å². The van der Waals surface area contributed by atoms with Crippen molar-refractivity contribution in [1.82, 2.24) is 10.6 Å². The molecule has 0 amide bonds. The van der Waals surface area contributed by atoms with Crippen LogP contribution in [-0.4, -0.2) is 37.2 Å². The number of carbonyl (C=O) groups excluding carboxylic acids is 1. The molecule has 6 nitrogen and oxygen atoms in total. The van der Waals surface area contributed by atoms with Crippen LogP contribution in [0.25, 0.3) is 0 Å². The molecule has 24 heavy (non-hydrogen) atoms. The van der Waals surface area contributed by atoms with Crippen molar-refractivity contribution in [1.29, 1.82) is 0 Å². The number of aliphatic imine (C=N–C) groups is 1. The van der Waals surface area contributed by atoms with Gasteiger partial charge in [-0.25, -0.2) is 0 Å². The first-order valence-electron chi connectivity index (χ1n) is 8.52. The van der Waals surface area contributed by atoms with Crippen LogP contribution in [0, 0.1) is 5.92 Å². The summed E-state index contributed by atoms with van der Waals surface area (Å²) in [5, 5.41) is 6.44. The highest BCUT2D eigenvalue weighted by atomic mass is 16.6. The molecule has 0 radical (unpaired) electrons. The van der Waals surface area contributed by atoms with Gasteiger partial charge in [-0.3, -0.25) is 9.79 Å². The number of carbonyl (C=O) groups is 1. The van der Waals surface area contributed by atoms with Crippen LogP contribution >= 0.6 is 0 Å². The van der Waals surface area contributed by atoms with E-state index in [2.05, 4.69) is 29.5 Å². The van der Waals surface area contributed by atoms with Crippen molar-refractivity contribution in [3.63, 3.8) is 0 Å². The summed E-state index contributed by atoms with van der Waals surface area (Å²) in [5.41, 5.74) is -0.451. The number of esters is 1. The summed E-state index contributed by atoms with van der Waals surface area (Å²) in [6, 6.07) is 3.82. The lowest BCUT2D eigenvalue weighted by Gasteiger charge is -2.19. The van der Waals surface area contributed by atoms with Gasteiger partial charge in [0.2, 0.25) is 0 Å². The zero-order chi connectivity index (χ0) is 18.0. The molecule has 0 spiro atoms. The molecule has 0 bridgehead atoms. The van der Waals surface area contributed by atoms with Crippen LogP contribution < -0.4 is 10.6 Å². The van der Waals surface area contributed by atoms with E-state index in [1.54, 1.807) is 6.26 Å². The Hall–Kier alpha value is -1.98. The van der Waals surface area contributed by atoms with E-state index in [1.807, 2.05) is 32.9 Å². The largest absolute Gasteiger partial charge is 0.469 e. The predicted molar refractivity (Wildman–Crippen MR) is 96.0 cm³/mol. The third-order valence-corrected chi connectivity index (χ3v) is 2.90. The van der Waals surface area contributed by atoms with Gasteiger partial charge in [-0.05, 0) is 38.8 Å². The fourth-order valence-corrected chi connectivity index (χ4v) is 1.88. The first kappa shape index (κ1) is 20.1. The van der Waals surface area contributed by atoms with Gasteiger partial charge in [0.25, 0.3) is 0 Å². The molecule has 1 aromatic rings. The minimum absolute atomic E-state index is 0.214. The van der Waals surface area contributed by atoms with Crippen LogP contribution in [0.1, 0.15) is 46.8 Å². The lowest BCUT2D eigenvalue weighted by molar-refractivity contribution is -0.154. The summed E-state index contributed by atoms with van der Waals surface area (Å²) in [6.07, 6.45) is 2.75. The maximum Gasteiger partial charge on any atom is 0.308 e. The molecular formula is C18H31N3O3. The number of ether oxygens (including phenoxy) is 1. The van der Waals surface area contributed by atoms with E-state index >= 15 is 0 Å². The number of guanidine groups is 1. The number of furan rings is 1. The average molecular weight is 337 g/mol. The highest BCUT2D eigenvalue weighted by Crippen LogP contribution is 2.07. The highest BCUT2D eigenvalue weighted by Gasteiger charge is 2.15. The third kappa shape index (κ3) is 9.92. The lowest BCUT2D eigenvalue weighted by Crippen LogP contribution is -2.40. The Morgan fingerprint density at radius 2 is 2.00 bits per heavy atom. The molecule has 0 unspecified atom stereocenters. The van der Waals surface area contributed by atoms with E-state index in [0.717, 1.165) is 18.7 Å². The van der Waals surface area contributed by atoms with E-state index in [1.165, 1.54) is 0 Å². The smallest absolute Gasteiger partial charge is 0.308 e. The quantitative estimate of drug-likeness (QED) is 0.433. The Bertz CT molecular complexity index is 502. The number of hydrogen-bond acceptors (Lipinski definition) is 4. The minimum Gasteiger partial charge on any atom is -0.469 e. The van der Waals surface area contributed by atoms with Crippen LogP contribution in [0.4, 0.5) is 0 Å². The van der Waals surface area contributed by atoms with Crippen LogP contribution in [0.3, 0.4) is 0 Å². The van der Waals surface area contributed by atoms with E-state index in [4.69, 9.17) is 9.15 Å². The maximum absolute atomic E-state index is 11.7. The fraction of sp³-hybridized carbons (Fsp3) is 0.667. The number of hydrogen-bond donors (Lipinski definition) is 2. The molecule has 0 saturated carbocycles. The molecule has 0 saturated heterocycles. The van der Waals surface area contributed by atoms with Gasteiger partial charge in [-0.15, -0.1) is 0 Å². The second-order valence-corrected chi connectivity index (χ2v) is 7.10. The summed E-state index contributed by atoms with van der Waals surface area (Å²) < 4.78 is 10.6. The number of nitrogens with zero attached hydrogens (tertiary/aromatic N) is 1. The summed E-state index contributed by atoms with van der Waals surface area (Å²) in [5.74, 6) is 1.90. The van der Waals surface area contributed by atoms with Gasteiger partial charge in [-0.2, -0.15) is 0 Å². The summed E-state index contributed by atoms with van der Waals surface area (Å²) in [7, 11) is 0. The summed E-state index contributed by atoms with van der Waals surface area (Å²) in [4.78, 5) is 16.3. The van der Waals surface area contributed by atoms with Gasteiger partial charge in [0.1, 0.15) is 11.4 Å². The van der Waals surface area contributed by atoms with Crippen LogP contribution in [0.5, 0.6) is 0 Å². The number of nitrogens with one attached hydrogen (secondary N) is 2. The fourth-order valence-electron chi connectivity index (χ4n) is 1.88. The first-order valence-corrected chi connectivity index (χ1v) is 8.52. The van der Waals surface area contributed by atoms with Crippen molar-refractivity contribution in [3.05, 3.63) is 24.2 Å². The SMILES string of the molecule is CC(C)CN=C(NCCC(=O)OC(C)(C)C)NCCc1ccco1. The molecule has 136 valence electrons. The van der Waals surface area contributed by atoms with Crippen molar-refractivity contribution in [2.24, 2.45) is 10.9 Å². The molecule has 1 aromatic heterocycles. The Kier molecular flexibility index (Phi) is 8.36. The molecule has 0 aromatic carbocycles. The van der Waals surface area contributed by atoms with Crippen molar-refractivity contribution >= 4 is 11.9 Å². The van der Waals surface area contributed by atoms with E-state index in [9.17, 15) is 4.79 Å². The molecule has 0 aliphatic carbocycles. The second-order valence-electron chi connectivity index (χ2n) is 7.10. The van der Waals surface area contributed by atoms with Crippen molar-refractivity contribution in [2.75, 3.05) is 19.6 Å². The lowest BCUT2D eigenvalue weighted by atomic mass is 10.2. The normalized spacial score (nSPS) is 12.3. The van der Waals surface area contributed by atoms with E-state index in [-0.39, 0.29) is 5.97 Å². The molecular weight excluding hydrogens is 306 g/mol. The number of rotatable bonds is 8. The topological polar surface area (TPSA) is 75.9 Å². The highest BCUT2D eigenvalue weighted by molar-refractivity contribution is 5.80. The first-order chi connectivity index (χ1) is 11.3. The molecule has 0 fully saturated rings. The van der Waals surface area contributed by atoms with Gasteiger partial charge in [0.05, 0.1) is 12.7 Å². The summed E-state index contributed by atoms with van der Waals surface area (Å²) in [6.45, 7) is 11.7. The molecule has 0 atom stereocenters. The Morgan fingerprint density at radius 1 is 1.29 bits per heavy atom. The van der Waals surface area contributed by atoms with Crippen molar-refractivity contribution in [3.8, 4) is 0 Å². The van der Waals surface area contributed by atoms with Gasteiger partial charge in [0.15, 0.2) is 5.96 Å². The van der Waals surface area contributed by atoms with Gasteiger partial charge in [-0.1, -0.05) is 13.8 Å².